The molecule has 0 aliphatic carbocycles. The molecular formula is C17H18N4O. The minimum Gasteiger partial charge on any atom is -0.318 e. The zero-order valence-electron chi connectivity index (χ0n) is 12.9. The third-order valence-corrected chi connectivity index (χ3v) is 3.39. The van der Waals surface area contributed by atoms with E-state index in [0.29, 0.717) is 0 Å². The molecule has 1 heterocycles. The smallest absolute Gasteiger partial charge is 0.254 e. The number of carbonyl (C=O) groups is 1. The first-order valence-corrected chi connectivity index (χ1v) is 6.97. The van der Waals surface area contributed by atoms with Crippen LogP contribution in [0.5, 0.6) is 0 Å². The molecule has 1 aromatic carbocycles. The van der Waals surface area contributed by atoms with E-state index < -0.39 is 5.91 Å². The van der Waals surface area contributed by atoms with Gasteiger partial charge in [-0.3, -0.25) is 4.79 Å². The SMILES string of the molecule is Cc1ccc(-n2c(C)cc(/C=N\NC(=O)CC#N)c2C)cc1. The van der Waals surface area contributed by atoms with Crippen molar-refractivity contribution < 1.29 is 4.79 Å². The summed E-state index contributed by atoms with van der Waals surface area (Å²) in [5, 5.41) is 12.3. The van der Waals surface area contributed by atoms with Gasteiger partial charge in [0.15, 0.2) is 0 Å². The molecule has 0 atom stereocenters. The molecule has 2 rings (SSSR count). The summed E-state index contributed by atoms with van der Waals surface area (Å²) < 4.78 is 2.14. The second kappa shape index (κ2) is 6.72. The van der Waals surface area contributed by atoms with E-state index >= 15 is 0 Å². The van der Waals surface area contributed by atoms with Crippen LogP contribution in [0.3, 0.4) is 0 Å². The first-order chi connectivity index (χ1) is 10.5. The van der Waals surface area contributed by atoms with Crippen molar-refractivity contribution in [1.29, 1.82) is 5.26 Å². The normalized spacial score (nSPS) is 10.6. The highest BCUT2D eigenvalue weighted by Gasteiger charge is 2.09. The highest BCUT2D eigenvalue weighted by atomic mass is 16.2. The van der Waals surface area contributed by atoms with Gasteiger partial charge in [-0.15, -0.1) is 0 Å². The standard InChI is InChI=1S/C17H18N4O/c1-12-4-6-16(7-5-12)21-13(2)10-15(14(21)3)11-19-20-17(22)8-9-18/h4-7,10-11H,8H2,1-3H3,(H,20,22)/b19-11-. The first-order valence-electron chi connectivity index (χ1n) is 6.97. The van der Waals surface area contributed by atoms with Crippen molar-refractivity contribution in [2.75, 3.05) is 0 Å². The number of hydrogen-bond donors (Lipinski definition) is 1. The van der Waals surface area contributed by atoms with Gasteiger partial charge in [0.05, 0.1) is 12.3 Å². The molecule has 0 spiro atoms. The predicted octanol–water partition coefficient (Wildman–Crippen LogP) is 2.77. The van der Waals surface area contributed by atoms with Crippen molar-refractivity contribution in [2.45, 2.75) is 27.2 Å². The van der Waals surface area contributed by atoms with Gasteiger partial charge in [-0.1, -0.05) is 17.7 Å². The van der Waals surface area contributed by atoms with Crippen LogP contribution in [0.1, 0.15) is 28.9 Å². The summed E-state index contributed by atoms with van der Waals surface area (Å²) in [7, 11) is 0. The Labute approximate surface area is 129 Å². The van der Waals surface area contributed by atoms with Crippen molar-refractivity contribution in [3.63, 3.8) is 0 Å². The van der Waals surface area contributed by atoms with Gasteiger partial charge in [-0.05, 0) is 39.0 Å². The molecule has 0 bridgehead atoms. The van der Waals surface area contributed by atoms with Crippen molar-refractivity contribution >= 4 is 12.1 Å². The number of nitrogens with one attached hydrogen (secondary N) is 1. The topological polar surface area (TPSA) is 70.2 Å². The summed E-state index contributed by atoms with van der Waals surface area (Å²) in [5.74, 6) is -0.411. The Hall–Kier alpha value is -2.87. The maximum atomic E-state index is 11.2. The van der Waals surface area contributed by atoms with Gasteiger partial charge in [-0.2, -0.15) is 10.4 Å². The fourth-order valence-electron chi connectivity index (χ4n) is 2.29. The fraction of sp³-hybridized carbons (Fsp3) is 0.235. The highest BCUT2D eigenvalue weighted by Crippen LogP contribution is 2.20. The number of carbonyl (C=O) groups excluding carboxylic acids is 1. The van der Waals surface area contributed by atoms with Crippen molar-refractivity contribution in [3.8, 4) is 11.8 Å². The predicted molar refractivity (Wildman–Crippen MR) is 85.9 cm³/mol. The Morgan fingerprint density at radius 1 is 1.32 bits per heavy atom. The molecular weight excluding hydrogens is 276 g/mol. The molecule has 0 saturated heterocycles. The molecule has 0 fully saturated rings. The van der Waals surface area contributed by atoms with Crippen LogP contribution in [-0.4, -0.2) is 16.7 Å². The van der Waals surface area contributed by atoms with Gasteiger partial charge < -0.3 is 4.57 Å². The molecule has 112 valence electrons. The molecule has 5 heteroatoms. The van der Waals surface area contributed by atoms with Crippen molar-refractivity contribution in [1.82, 2.24) is 9.99 Å². The zero-order valence-corrected chi connectivity index (χ0v) is 12.9. The number of hydrazone groups is 1. The average molecular weight is 294 g/mol. The van der Waals surface area contributed by atoms with Crippen LogP contribution in [0.2, 0.25) is 0 Å². The van der Waals surface area contributed by atoms with E-state index in [2.05, 4.69) is 46.3 Å². The molecule has 1 aromatic heterocycles. The second-order valence-electron chi connectivity index (χ2n) is 5.13. The van der Waals surface area contributed by atoms with E-state index in [1.807, 2.05) is 19.9 Å². The monoisotopic (exact) mass is 294 g/mol. The molecule has 0 saturated carbocycles. The zero-order chi connectivity index (χ0) is 16.1. The summed E-state index contributed by atoms with van der Waals surface area (Å²) in [6.45, 7) is 6.09. The number of rotatable bonds is 4. The van der Waals surface area contributed by atoms with Crippen molar-refractivity contribution in [2.24, 2.45) is 5.10 Å². The molecule has 1 amide bonds. The van der Waals surface area contributed by atoms with Crippen LogP contribution in [0.15, 0.2) is 35.4 Å². The average Bonchev–Trinajstić information content (AvgIpc) is 2.75. The van der Waals surface area contributed by atoms with Gasteiger partial charge in [0.25, 0.3) is 5.91 Å². The van der Waals surface area contributed by atoms with Gasteiger partial charge in [0.1, 0.15) is 6.42 Å². The van der Waals surface area contributed by atoms with Crippen LogP contribution < -0.4 is 5.43 Å². The molecule has 1 N–H and O–H groups in total. The Morgan fingerprint density at radius 2 is 2.00 bits per heavy atom. The minimum atomic E-state index is -0.411. The third kappa shape index (κ3) is 3.41. The lowest BCUT2D eigenvalue weighted by Crippen LogP contribution is -2.16. The van der Waals surface area contributed by atoms with E-state index in [1.165, 1.54) is 5.56 Å². The number of hydrogen-bond acceptors (Lipinski definition) is 3. The van der Waals surface area contributed by atoms with Gasteiger partial charge in [0, 0.05) is 22.6 Å². The van der Waals surface area contributed by atoms with Crippen LogP contribution in [0, 0.1) is 32.1 Å². The molecule has 0 unspecified atom stereocenters. The van der Waals surface area contributed by atoms with Gasteiger partial charge in [-0.25, -0.2) is 5.43 Å². The third-order valence-electron chi connectivity index (χ3n) is 3.39. The van der Waals surface area contributed by atoms with E-state index in [0.717, 1.165) is 22.6 Å². The van der Waals surface area contributed by atoms with Gasteiger partial charge >= 0.3 is 0 Å². The second-order valence-corrected chi connectivity index (χ2v) is 5.13. The Kier molecular flexibility index (Phi) is 4.74. The quantitative estimate of drug-likeness (QED) is 0.695. The number of aromatic nitrogens is 1. The number of benzene rings is 1. The maximum Gasteiger partial charge on any atom is 0.254 e. The lowest BCUT2D eigenvalue weighted by atomic mass is 10.2. The maximum absolute atomic E-state index is 11.2. The summed E-state index contributed by atoms with van der Waals surface area (Å²) >= 11 is 0. The lowest BCUT2D eigenvalue weighted by molar-refractivity contribution is -0.120. The van der Waals surface area contributed by atoms with E-state index in [1.54, 1.807) is 12.3 Å². The highest BCUT2D eigenvalue weighted by molar-refractivity contribution is 5.84. The van der Waals surface area contributed by atoms with E-state index in [4.69, 9.17) is 5.26 Å². The molecule has 2 aromatic rings. The summed E-state index contributed by atoms with van der Waals surface area (Å²) in [5.41, 5.74) is 7.70. The minimum absolute atomic E-state index is 0.195. The molecule has 0 aliphatic rings. The number of nitrogens with zero attached hydrogens (tertiary/aromatic N) is 3. The number of amides is 1. The Morgan fingerprint density at radius 3 is 2.64 bits per heavy atom. The van der Waals surface area contributed by atoms with E-state index in [-0.39, 0.29) is 6.42 Å². The summed E-state index contributed by atoms with van der Waals surface area (Å²) in [4.78, 5) is 11.2. The lowest BCUT2D eigenvalue weighted by Gasteiger charge is -2.09. The first kappa shape index (κ1) is 15.5. The summed E-state index contributed by atoms with van der Waals surface area (Å²) in [6.07, 6.45) is 1.40. The molecule has 22 heavy (non-hydrogen) atoms. The largest absolute Gasteiger partial charge is 0.318 e. The molecule has 0 aliphatic heterocycles. The molecule has 5 nitrogen and oxygen atoms in total. The number of nitriles is 1. The Balaban J connectivity index is 2.24. The fourth-order valence-corrected chi connectivity index (χ4v) is 2.29. The molecule has 0 radical (unpaired) electrons. The van der Waals surface area contributed by atoms with E-state index in [9.17, 15) is 4.79 Å². The van der Waals surface area contributed by atoms with Gasteiger partial charge in [0.2, 0.25) is 0 Å². The summed E-state index contributed by atoms with van der Waals surface area (Å²) in [6, 6.07) is 12.1. The van der Waals surface area contributed by atoms with Crippen LogP contribution in [-0.2, 0) is 4.79 Å². The van der Waals surface area contributed by atoms with Crippen LogP contribution in [0.25, 0.3) is 5.69 Å². The Bertz CT molecular complexity index is 748. The van der Waals surface area contributed by atoms with Crippen molar-refractivity contribution in [3.05, 3.63) is 52.8 Å². The van der Waals surface area contributed by atoms with Crippen LogP contribution in [0.4, 0.5) is 0 Å². The number of aryl methyl sites for hydroxylation is 2. The van der Waals surface area contributed by atoms with Crippen LogP contribution >= 0.6 is 0 Å².